The predicted molar refractivity (Wildman–Crippen MR) is 113 cm³/mol. The van der Waals surface area contributed by atoms with Gasteiger partial charge in [0.2, 0.25) is 0 Å². The smallest absolute Gasteiger partial charge is 0.309 e. The van der Waals surface area contributed by atoms with Crippen molar-refractivity contribution in [1.82, 2.24) is 0 Å². The minimum Gasteiger partial charge on any atom is -0.508 e. The van der Waals surface area contributed by atoms with Crippen molar-refractivity contribution in [1.29, 1.82) is 0 Å². The molecule has 29 heavy (non-hydrogen) atoms. The standard InChI is InChI=1S/C24H36O5/c1-23(2,22(27)28)11-7-4-3-5-9-19-15-20(17-21(26)16-19)10-6-8-12-24(13-14-24)29-18-25/h15-18,26H,3-14H2,1-2H3,(H,27,28). The summed E-state index contributed by atoms with van der Waals surface area (Å²) in [6, 6.07) is 5.86. The highest BCUT2D eigenvalue weighted by Gasteiger charge is 2.44. The Kier molecular flexibility index (Phi) is 8.54. The topological polar surface area (TPSA) is 83.8 Å². The number of phenolic OH excluding ortho intramolecular Hbond substituents is 1. The molecular weight excluding hydrogens is 368 g/mol. The highest BCUT2D eigenvalue weighted by molar-refractivity contribution is 5.73. The number of aromatic hydroxyl groups is 1. The summed E-state index contributed by atoms with van der Waals surface area (Å²) in [5.41, 5.74) is 1.50. The predicted octanol–water partition coefficient (Wildman–Crippen LogP) is 5.41. The quantitative estimate of drug-likeness (QED) is 0.301. The van der Waals surface area contributed by atoms with Gasteiger partial charge in [-0.3, -0.25) is 9.59 Å². The van der Waals surface area contributed by atoms with Crippen LogP contribution in [0.2, 0.25) is 0 Å². The number of aryl methyl sites for hydroxylation is 2. The number of hydrogen-bond donors (Lipinski definition) is 2. The minimum absolute atomic E-state index is 0.175. The molecule has 0 amide bonds. The number of carbonyl (C=O) groups excluding carboxylic acids is 1. The number of phenols is 1. The van der Waals surface area contributed by atoms with Crippen molar-refractivity contribution < 1.29 is 24.5 Å². The molecule has 2 N–H and O–H groups in total. The molecule has 1 fully saturated rings. The highest BCUT2D eigenvalue weighted by atomic mass is 16.5. The molecular formula is C24H36O5. The monoisotopic (exact) mass is 404 g/mol. The van der Waals surface area contributed by atoms with Crippen molar-refractivity contribution in [3.63, 3.8) is 0 Å². The van der Waals surface area contributed by atoms with Gasteiger partial charge in [-0.1, -0.05) is 25.3 Å². The van der Waals surface area contributed by atoms with Gasteiger partial charge in [0.05, 0.1) is 5.41 Å². The van der Waals surface area contributed by atoms with E-state index in [9.17, 15) is 14.7 Å². The molecule has 0 radical (unpaired) electrons. The maximum absolute atomic E-state index is 11.1. The van der Waals surface area contributed by atoms with Crippen LogP contribution in [0.5, 0.6) is 5.75 Å². The second kappa shape index (κ2) is 10.7. The second-order valence-corrected chi connectivity index (χ2v) is 9.22. The van der Waals surface area contributed by atoms with E-state index in [1.807, 2.05) is 12.1 Å². The summed E-state index contributed by atoms with van der Waals surface area (Å²) in [5.74, 6) is -0.406. The van der Waals surface area contributed by atoms with Crippen LogP contribution in [0.15, 0.2) is 18.2 Å². The van der Waals surface area contributed by atoms with Gasteiger partial charge in [-0.25, -0.2) is 0 Å². The van der Waals surface area contributed by atoms with Crippen molar-refractivity contribution in [2.24, 2.45) is 5.41 Å². The lowest BCUT2D eigenvalue weighted by atomic mass is 9.87. The number of benzene rings is 1. The lowest BCUT2D eigenvalue weighted by Gasteiger charge is -2.18. The van der Waals surface area contributed by atoms with E-state index < -0.39 is 11.4 Å². The summed E-state index contributed by atoms with van der Waals surface area (Å²) >= 11 is 0. The molecule has 2 rings (SSSR count). The fraction of sp³-hybridized carbons (Fsp3) is 0.667. The summed E-state index contributed by atoms with van der Waals surface area (Å²) in [5, 5.41) is 19.2. The highest BCUT2D eigenvalue weighted by Crippen LogP contribution is 2.43. The summed E-state index contributed by atoms with van der Waals surface area (Å²) < 4.78 is 5.18. The zero-order valence-corrected chi connectivity index (χ0v) is 17.9. The van der Waals surface area contributed by atoms with Crippen LogP contribution in [0.25, 0.3) is 0 Å². The Bertz CT molecular complexity index is 676. The first-order valence-corrected chi connectivity index (χ1v) is 10.9. The summed E-state index contributed by atoms with van der Waals surface area (Å²) in [6.07, 6.45) is 11.6. The van der Waals surface area contributed by atoms with Gasteiger partial charge in [0.15, 0.2) is 0 Å². The lowest BCUT2D eigenvalue weighted by Crippen LogP contribution is -2.23. The molecule has 0 bridgehead atoms. The molecule has 1 aliphatic carbocycles. The molecule has 0 atom stereocenters. The molecule has 0 saturated heterocycles. The number of carbonyl (C=O) groups is 2. The van der Waals surface area contributed by atoms with Gasteiger partial charge in [0, 0.05) is 0 Å². The molecule has 0 aliphatic heterocycles. The molecule has 1 aliphatic rings. The molecule has 0 aromatic heterocycles. The molecule has 5 nitrogen and oxygen atoms in total. The van der Waals surface area contributed by atoms with E-state index in [4.69, 9.17) is 9.84 Å². The zero-order chi connectivity index (χ0) is 21.3. The Labute approximate surface area is 174 Å². The van der Waals surface area contributed by atoms with Crippen molar-refractivity contribution in [3.05, 3.63) is 29.3 Å². The van der Waals surface area contributed by atoms with Crippen molar-refractivity contribution in [3.8, 4) is 5.75 Å². The number of carboxylic acids is 1. The van der Waals surface area contributed by atoms with Gasteiger partial charge in [-0.15, -0.1) is 0 Å². The number of ether oxygens (including phenoxy) is 1. The molecule has 1 saturated carbocycles. The first-order valence-electron chi connectivity index (χ1n) is 10.9. The first kappa shape index (κ1) is 23.2. The van der Waals surface area contributed by atoms with Crippen molar-refractivity contribution in [2.75, 3.05) is 0 Å². The Morgan fingerprint density at radius 3 is 2.17 bits per heavy atom. The number of aliphatic carboxylic acids is 1. The molecule has 0 heterocycles. The molecule has 5 heteroatoms. The van der Waals surface area contributed by atoms with E-state index in [1.165, 1.54) is 0 Å². The van der Waals surface area contributed by atoms with Crippen LogP contribution >= 0.6 is 0 Å². The minimum atomic E-state index is -0.728. The van der Waals surface area contributed by atoms with Crippen molar-refractivity contribution in [2.45, 2.75) is 96.5 Å². The van der Waals surface area contributed by atoms with Crippen LogP contribution in [-0.4, -0.2) is 28.3 Å². The maximum atomic E-state index is 11.1. The average Bonchev–Trinajstić information content (AvgIpc) is 3.41. The van der Waals surface area contributed by atoms with E-state index in [2.05, 4.69) is 6.07 Å². The normalized spacial score (nSPS) is 15.1. The summed E-state index contributed by atoms with van der Waals surface area (Å²) in [6.45, 7) is 4.13. The van der Waals surface area contributed by atoms with Crippen LogP contribution < -0.4 is 0 Å². The van der Waals surface area contributed by atoms with Crippen molar-refractivity contribution >= 4 is 12.4 Å². The maximum Gasteiger partial charge on any atom is 0.309 e. The fourth-order valence-electron chi connectivity index (χ4n) is 3.83. The van der Waals surface area contributed by atoms with Crippen LogP contribution in [-0.2, 0) is 27.2 Å². The number of hydrogen-bond acceptors (Lipinski definition) is 4. The Morgan fingerprint density at radius 2 is 1.62 bits per heavy atom. The fourth-order valence-corrected chi connectivity index (χ4v) is 3.83. The van der Waals surface area contributed by atoms with Crippen LogP contribution in [0.1, 0.15) is 89.2 Å². The van der Waals surface area contributed by atoms with E-state index in [1.54, 1.807) is 13.8 Å². The van der Waals surface area contributed by atoms with Gasteiger partial charge < -0.3 is 14.9 Å². The molecule has 0 spiro atoms. The van der Waals surface area contributed by atoms with Gasteiger partial charge in [-0.2, -0.15) is 0 Å². The molecule has 162 valence electrons. The third-order valence-electron chi connectivity index (χ3n) is 6.09. The third kappa shape index (κ3) is 8.08. The average molecular weight is 405 g/mol. The lowest BCUT2D eigenvalue weighted by molar-refractivity contribution is -0.147. The molecule has 1 aromatic carbocycles. The van der Waals surface area contributed by atoms with Gasteiger partial charge >= 0.3 is 5.97 Å². The third-order valence-corrected chi connectivity index (χ3v) is 6.09. The number of rotatable bonds is 15. The van der Waals surface area contributed by atoms with E-state index >= 15 is 0 Å². The Balaban J connectivity index is 1.66. The largest absolute Gasteiger partial charge is 0.508 e. The van der Waals surface area contributed by atoms with Crippen LogP contribution in [0, 0.1) is 5.41 Å². The zero-order valence-electron chi connectivity index (χ0n) is 17.9. The second-order valence-electron chi connectivity index (χ2n) is 9.22. The van der Waals surface area contributed by atoms with Gasteiger partial charge in [0.25, 0.3) is 6.47 Å². The summed E-state index contributed by atoms with van der Waals surface area (Å²) in [7, 11) is 0. The Morgan fingerprint density at radius 1 is 1.03 bits per heavy atom. The van der Waals surface area contributed by atoms with Crippen LogP contribution in [0.3, 0.4) is 0 Å². The first-order chi connectivity index (χ1) is 13.8. The molecule has 1 aromatic rings. The summed E-state index contributed by atoms with van der Waals surface area (Å²) in [4.78, 5) is 21.7. The SMILES string of the molecule is CC(C)(CCCCCCc1cc(O)cc(CCCCC2(OC=O)CC2)c1)C(=O)O. The van der Waals surface area contributed by atoms with Crippen LogP contribution in [0.4, 0.5) is 0 Å². The Hall–Kier alpha value is -2.04. The van der Waals surface area contributed by atoms with E-state index in [0.717, 1.165) is 81.8 Å². The molecule has 0 unspecified atom stereocenters. The van der Waals surface area contributed by atoms with E-state index in [0.29, 0.717) is 18.6 Å². The van der Waals surface area contributed by atoms with Gasteiger partial charge in [-0.05, 0) is 94.9 Å². The number of carboxylic acid groups (broad SMARTS) is 1. The number of unbranched alkanes of at least 4 members (excludes halogenated alkanes) is 4. The van der Waals surface area contributed by atoms with E-state index in [-0.39, 0.29) is 5.60 Å². The van der Waals surface area contributed by atoms with Gasteiger partial charge in [0.1, 0.15) is 11.4 Å².